The number of piperidine rings is 1. The molecule has 0 atom stereocenters. The van der Waals surface area contributed by atoms with Crippen LogP contribution in [0, 0.1) is 5.92 Å². The van der Waals surface area contributed by atoms with Crippen molar-refractivity contribution in [3.63, 3.8) is 0 Å². The fourth-order valence-corrected chi connectivity index (χ4v) is 4.03. The Hall–Kier alpha value is -0.930. The molecule has 0 saturated carbocycles. The Morgan fingerprint density at radius 1 is 1.25 bits per heavy atom. The molecule has 3 heteroatoms. The lowest BCUT2D eigenvalue weighted by Gasteiger charge is -2.31. The summed E-state index contributed by atoms with van der Waals surface area (Å²) in [6.45, 7) is 6.17. The van der Waals surface area contributed by atoms with Gasteiger partial charge >= 0.3 is 0 Å². The van der Waals surface area contributed by atoms with Gasteiger partial charge < -0.3 is 4.90 Å². The van der Waals surface area contributed by atoms with Gasteiger partial charge in [-0.3, -0.25) is 0 Å². The molecule has 0 aliphatic carbocycles. The van der Waals surface area contributed by atoms with Crippen LogP contribution in [0.4, 0.5) is 0 Å². The summed E-state index contributed by atoms with van der Waals surface area (Å²) in [6, 6.07) is 8.60. The van der Waals surface area contributed by atoms with Crippen LogP contribution in [-0.2, 0) is 6.42 Å². The highest BCUT2D eigenvalue weighted by Crippen LogP contribution is 2.24. The minimum atomic E-state index is 0.980. The van der Waals surface area contributed by atoms with Crippen LogP contribution < -0.4 is 0 Å². The number of nitrogens with zero attached hydrogens (tertiary/aromatic N) is 2. The molecule has 0 N–H and O–H groups in total. The van der Waals surface area contributed by atoms with E-state index in [0.29, 0.717) is 0 Å². The van der Waals surface area contributed by atoms with Crippen molar-refractivity contribution in [1.82, 2.24) is 9.27 Å². The van der Waals surface area contributed by atoms with Gasteiger partial charge in [0.25, 0.3) is 0 Å². The number of hydrogen-bond donors (Lipinski definition) is 0. The van der Waals surface area contributed by atoms with Crippen molar-refractivity contribution in [2.75, 3.05) is 19.6 Å². The molecule has 0 bridgehead atoms. The standard InChI is InChI=1S/C17H24N2S/c1-2-14-9-12-19(13-10-14)11-5-7-16-15-6-3-4-8-17(15)20-18-16/h3-4,6,8,14H,2,5,7,9-13H2,1H3. The molecule has 0 spiro atoms. The predicted molar refractivity (Wildman–Crippen MR) is 87.4 cm³/mol. The molecule has 108 valence electrons. The molecule has 3 rings (SSSR count). The van der Waals surface area contributed by atoms with Gasteiger partial charge in [-0.15, -0.1) is 0 Å². The van der Waals surface area contributed by atoms with E-state index >= 15 is 0 Å². The molecular formula is C17H24N2S. The van der Waals surface area contributed by atoms with Crippen molar-refractivity contribution in [2.45, 2.75) is 39.0 Å². The van der Waals surface area contributed by atoms with E-state index in [9.17, 15) is 0 Å². The smallest absolute Gasteiger partial charge is 0.0621 e. The number of fused-ring (bicyclic) bond motifs is 1. The van der Waals surface area contributed by atoms with Crippen LogP contribution >= 0.6 is 11.5 Å². The average Bonchev–Trinajstić information content (AvgIpc) is 2.92. The second-order valence-electron chi connectivity index (χ2n) is 5.92. The van der Waals surface area contributed by atoms with Gasteiger partial charge in [-0.25, -0.2) is 0 Å². The lowest BCUT2D eigenvalue weighted by molar-refractivity contribution is 0.180. The minimum absolute atomic E-state index is 0.980. The van der Waals surface area contributed by atoms with Gasteiger partial charge in [-0.1, -0.05) is 31.5 Å². The van der Waals surface area contributed by atoms with Gasteiger partial charge in [0.15, 0.2) is 0 Å². The number of hydrogen-bond acceptors (Lipinski definition) is 3. The molecule has 0 radical (unpaired) electrons. The quantitative estimate of drug-likeness (QED) is 0.813. The van der Waals surface area contributed by atoms with Gasteiger partial charge in [-0.2, -0.15) is 4.37 Å². The number of likely N-dealkylation sites (tertiary alicyclic amines) is 1. The Kier molecular flexibility index (Phi) is 4.69. The lowest BCUT2D eigenvalue weighted by atomic mass is 9.94. The van der Waals surface area contributed by atoms with Gasteiger partial charge in [0.1, 0.15) is 0 Å². The highest BCUT2D eigenvalue weighted by atomic mass is 32.1. The first-order valence-corrected chi connectivity index (χ1v) is 8.70. The summed E-state index contributed by atoms with van der Waals surface area (Å²) < 4.78 is 5.95. The first-order valence-electron chi connectivity index (χ1n) is 7.92. The van der Waals surface area contributed by atoms with E-state index in [0.717, 1.165) is 12.3 Å². The fraction of sp³-hybridized carbons (Fsp3) is 0.588. The second-order valence-corrected chi connectivity index (χ2v) is 6.73. The molecule has 1 fully saturated rings. The van der Waals surface area contributed by atoms with Crippen LogP contribution in [0.5, 0.6) is 0 Å². The number of benzene rings is 1. The Morgan fingerprint density at radius 2 is 2.05 bits per heavy atom. The predicted octanol–water partition coefficient (Wildman–Crippen LogP) is 4.35. The maximum Gasteiger partial charge on any atom is 0.0621 e. The van der Waals surface area contributed by atoms with E-state index in [1.807, 2.05) is 0 Å². The summed E-state index contributed by atoms with van der Waals surface area (Å²) in [5, 5.41) is 1.36. The molecule has 2 heterocycles. The maximum atomic E-state index is 4.63. The van der Waals surface area contributed by atoms with Crippen LogP contribution in [0.15, 0.2) is 24.3 Å². The highest BCUT2D eigenvalue weighted by Gasteiger charge is 2.17. The summed E-state index contributed by atoms with van der Waals surface area (Å²) in [7, 11) is 0. The zero-order valence-electron chi connectivity index (χ0n) is 12.3. The largest absolute Gasteiger partial charge is 0.303 e. The molecule has 2 aromatic rings. The lowest BCUT2D eigenvalue weighted by Crippen LogP contribution is -2.34. The van der Waals surface area contributed by atoms with Crippen molar-refractivity contribution in [2.24, 2.45) is 5.92 Å². The Labute approximate surface area is 126 Å². The maximum absolute atomic E-state index is 4.63. The van der Waals surface area contributed by atoms with E-state index in [2.05, 4.69) is 40.5 Å². The Morgan fingerprint density at radius 3 is 2.85 bits per heavy atom. The van der Waals surface area contributed by atoms with Crippen LogP contribution in [0.25, 0.3) is 10.1 Å². The van der Waals surface area contributed by atoms with Crippen LogP contribution in [-0.4, -0.2) is 28.9 Å². The third-order valence-corrected chi connectivity index (χ3v) is 5.49. The van der Waals surface area contributed by atoms with Crippen LogP contribution in [0.1, 0.15) is 38.3 Å². The monoisotopic (exact) mass is 288 g/mol. The molecule has 0 amide bonds. The molecule has 0 unspecified atom stereocenters. The number of aromatic nitrogens is 1. The molecule has 1 aliphatic rings. The van der Waals surface area contributed by atoms with Crippen molar-refractivity contribution >= 4 is 21.6 Å². The zero-order chi connectivity index (χ0) is 13.8. The third-order valence-electron chi connectivity index (χ3n) is 4.62. The second kappa shape index (κ2) is 6.68. The Balaban J connectivity index is 1.48. The molecule has 2 nitrogen and oxygen atoms in total. The number of rotatable bonds is 5. The van der Waals surface area contributed by atoms with E-state index < -0.39 is 0 Å². The average molecular weight is 288 g/mol. The van der Waals surface area contributed by atoms with Crippen LogP contribution in [0.3, 0.4) is 0 Å². The fourth-order valence-electron chi connectivity index (χ4n) is 3.21. The molecule has 1 saturated heterocycles. The molecule has 1 aliphatic heterocycles. The van der Waals surface area contributed by atoms with Gasteiger partial charge in [-0.05, 0) is 68.8 Å². The summed E-state index contributed by atoms with van der Waals surface area (Å²) in [5.41, 5.74) is 1.30. The summed E-state index contributed by atoms with van der Waals surface area (Å²) in [4.78, 5) is 2.64. The summed E-state index contributed by atoms with van der Waals surface area (Å²) >= 11 is 1.64. The Bertz CT molecular complexity index is 541. The van der Waals surface area contributed by atoms with Crippen molar-refractivity contribution in [3.8, 4) is 0 Å². The van der Waals surface area contributed by atoms with Gasteiger partial charge in [0.05, 0.1) is 10.4 Å². The van der Waals surface area contributed by atoms with Crippen LogP contribution in [0.2, 0.25) is 0 Å². The highest BCUT2D eigenvalue weighted by molar-refractivity contribution is 7.13. The minimum Gasteiger partial charge on any atom is -0.303 e. The normalized spacial score (nSPS) is 17.9. The van der Waals surface area contributed by atoms with Crippen molar-refractivity contribution in [3.05, 3.63) is 30.0 Å². The van der Waals surface area contributed by atoms with Crippen molar-refractivity contribution in [1.29, 1.82) is 0 Å². The molecule has 20 heavy (non-hydrogen) atoms. The molecular weight excluding hydrogens is 264 g/mol. The van der Waals surface area contributed by atoms with Crippen molar-refractivity contribution < 1.29 is 0 Å². The third kappa shape index (κ3) is 3.21. The summed E-state index contributed by atoms with van der Waals surface area (Å²) in [6.07, 6.45) is 6.52. The van der Waals surface area contributed by atoms with Gasteiger partial charge in [0.2, 0.25) is 0 Å². The first-order chi connectivity index (χ1) is 9.86. The summed E-state index contributed by atoms with van der Waals surface area (Å²) in [5.74, 6) is 0.980. The van der Waals surface area contributed by atoms with E-state index in [1.54, 1.807) is 11.5 Å². The van der Waals surface area contributed by atoms with E-state index in [-0.39, 0.29) is 0 Å². The molecule has 1 aromatic heterocycles. The first kappa shape index (κ1) is 14.0. The van der Waals surface area contributed by atoms with E-state index in [4.69, 9.17) is 0 Å². The SMILES string of the molecule is CCC1CCN(CCCc2nsc3ccccc23)CC1. The van der Waals surface area contributed by atoms with Gasteiger partial charge in [0, 0.05) is 5.39 Å². The molecule has 1 aromatic carbocycles. The zero-order valence-corrected chi connectivity index (χ0v) is 13.2. The van der Waals surface area contributed by atoms with E-state index in [1.165, 1.54) is 61.1 Å². The number of aryl methyl sites for hydroxylation is 1. The topological polar surface area (TPSA) is 16.1 Å².